The molecule has 1 atom stereocenters. The summed E-state index contributed by atoms with van der Waals surface area (Å²) in [5, 5.41) is 3.03. The van der Waals surface area contributed by atoms with Crippen LogP contribution in [0, 0.1) is 6.92 Å². The van der Waals surface area contributed by atoms with E-state index in [9.17, 15) is 28.8 Å². The van der Waals surface area contributed by atoms with Gasteiger partial charge >= 0.3 is 23.8 Å². The van der Waals surface area contributed by atoms with Crippen molar-refractivity contribution in [1.82, 2.24) is 34.4 Å². The molecule has 0 spiro atoms. The van der Waals surface area contributed by atoms with Gasteiger partial charge in [0.15, 0.2) is 18.3 Å². The molecule has 3 fully saturated rings. The van der Waals surface area contributed by atoms with Crippen LogP contribution < -0.4 is 11.1 Å². The van der Waals surface area contributed by atoms with E-state index in [1.807, 2.05) is 47.1 Å². The fourth-order valence-electron chi connectivity index (χ4n) is 8.55. The van der Waals surface area contributed by atoms with E-state index in [0.717, 1.165) is 49.2 Å². The molecule has 4 aliphatic heterocycles. The lowest BCUT2D eigenvalue weighted by molar-refractivity contribution is -0.152. The Morgan fingerprint density at radius 1 is 0.879 bits per heavy atom. The minimum Gasteiger partial charge on any atom is -0.455 e. The third kappa shape index (κ3) is 9.64. The number of nitrogens with one attached hydrogen (secondary N) is 2. The number of esters is 1. The molecule has 7 rings (SSSR count). The number of fused-ring (bicyclic) bond motifs is 2. The number of piperazine rings is 1. The Balaban J connectivity index is 0.943. The number of benzene rings is 2. The normalized spacial score (nSPS) is 19.3. The maximum absolute atomic E-state index is 14.3. The topological polar surface area (TPSA) is 181 Å². The molecule has 5 heterocycles. The molecule has 0 saturated carbocycles. The first kappa shape index (κ1) is 40.8. The van der Waals surface area contributed by atoms with Gasteiger partial charge in [-0.2, -0.15) is 0 Å². The highest BCUT2D eigenvalue weighted by Gasteiger charge is 2.37. The minimum atomic E-state index is -1.11. The van der Waals surface area contributed by atoms with Gasteiger partial charge in [-0.05, 0) is 67.9 Å². The van der Waals surface area contributed by atoms with Crippen LogP contribution in [0.2, 0.25) is 0 Å². The Morgan fingerprint density at radius 2 is 1.59 bits per heavy atom. The SMILES string of the molecule is Cc1cc(C[C@@H](OC(=O)N2CCC(N3CCc4ccccc4NC3=O)CC2)C(=O)N2CCN(C3CCN(CC(=O)OCC(=O)N(C)C)CC3)CC2)cc2oc(=O)[nH]c12. The van der Waals surface area contributed by atoms with Crippen molar-refractivity contribution in [3.63, 3.8) is 0 Å². The van der Waals surface area contributed by atoms with Crippen molar-refractivity contribution in [2.45, 2.75) is 63.6 Å². The van der Waals surface area contributed by atoms with Crippen LogP contribution in [0.3, 0.4) is 0 Å². The maximum atomic E-state index is 14.3. The molecule has 17 heteroatoms. The molecule has 0 bridgehead atoms. The highest BCUT2D eigenvalue weighted by atomic mass is 16.6. The lowest BCUT2D eigenvalue weighted by Crippen LogP contribution is -2.57. The first-order chi connectivity index (χ1) is 27.9. The van der Waals surface area contributed by atoms with Crippen LogP contribution >= 0.6 is 0 Å². The summed E-state index contributed by atoms with van der Waals surface area (Å²) in [4.78, 5) is 91.0. The number of hydrogen-bond donors (Lipinski definition) is 2. The molecule has 5 amide bonds. The molecule has 3 aromatic rings. The minimum absolute atomic E-state index is 0.0356. The summed E-state index contributed by atoms with van der Waals surface area (Å²) in [6, 6.07) is 11.5. The second kappa shape index (κ2) is 18.0. The molecule has 0 radical (unpaired) electrons. The predicted molar refractivity (Wildman–Crippen MR) is 213 cm³/mol. The van der Waals surface area contributed by atoms with Gasteiger partial charge in [0.2, 0.25) is 0 Å². The Hall–Kier alpha value is -5.42. The zero-order chi connectivity index (χ0) is 40.9. The number of rotatable bonds is 10. The Kier molecular flexibility index (Phi) is 12.7. The fraction of sp³-hybridized carbons (Fsp3) is 0.561. The predicted octanol–water partition coefficient (Wildman–Crippen LogP) is 2.27. The van der Waals surface area contributed by atoms with Crippen molar-refractivity contribution in [1.29, 1.82) is 0 Å². The number of urea groups is 1. The van der Waals surface area contributed by atoms with E-state index in [4.69, 9.17) is 13.9 Å². The van der Waals surface area contributed by atoms with Gasteiger partial charge in [-0.1, -0.05) is 24.3 Å². The molecule has 58 heavy (non-hydrogen) atoms. The standard InChI is InChI=1S/C41H54N8O9/c1-27-22-28(23-33-37(27)43-40(54)57-33)24-34(58-41(55)48-15-11-31(12-16-48)49-17-8-29-6-4-5-7-32(29)42-39(49)53)38(52)47-20-18-46(19-21-47)30-9-13-45(14-10-30)25-36(51)56-26-35(50)44(2)3/h4-7,22-23,30-31,34H,8-21,24-26H2,1-3H3,(H,42,53)(H,43,54)/t34-/m1/s1. The van der Waals surface area contributed by atoms with Gasteiger partial charge in [0.05, 0.1) is 12.1 Å². The number of nitrogens with zero attached hydrogens (tertiary/aromatic N) is 6. The van der Waals surface area contributed by atoms with E-state index in [0.29, 0.717) is 81.4 Å². The third-order valence-corrected chi connectivity index (χ3v) is 11.9. The average Bonchev–Trinajstić information content (AvgIpc) is 3.52. The molecule has 0 aliphatic carbocycles. The van der Waals surface area contributed by atoms with Crippen molar-refractivity contribution < 1.29 is 37.9 Å². The Labute approximate surface area is 337 Å². The van der Waals surface area contributed by atoms with Crippen molar-refractivity contribution in [3.8, 4) is 0 Å². The molecular weight excluding hydrogens is 748 g/mol. The number of oxazole rings is 1. The molecule has 17 nitrogen and oxygen atoms in total. The molecule has 3 saturated heterocycles. The number of carbonyl (C=O) groups is 5. The number of anilines is 1. The molecule has 312 valence electrons. The smallest absolute Gasteiger partial charge is 0.417 e. The number of ether oxygens (including phenoxy) is 2. The zero-order valence-electron chi connectivity index (χ0n) is 33.6. The number of amides is 5. The van der Waals surface area contributed by atoms with E-state index in [1.54, 1.807) is 30.0 Å². The largest absolute Gasteiger partial charge is 0.455 e. The third-order valence-electron chi connectivity index (χ3n) is 11.9. The summed E-state index contributed by atoms with van der Waals surface area (Å²) in [6.07, 6.45) is 2.06. The average molecular weight is 803 g/mol. The summed E-state index contributed by atoms with van der Waals surface area (Å²) in [6.45, 7) is 6.78. The Morgan fingerprint density at radius 3 is 2.31 bits per heavy atom. The highest BCUT2D eigenvalue weighted by molar-refractivity contribution is 5.91. The summed E-state index contributed by atoms with van der Waals surface area (Å²) >= 11 is 0. The van der Waals surface area contributed by atoms with Crippen molar-refractivity contribution in [3.05, 3.63) is 63.6 Å². The van der Waals surface area contributed by atoms with E-state index in [2.05, 4.69) is 15.2 Å². The number of likely N-dealkylation sites (N-methyl/N-ethyl adjacent to an activating group) is 1. The molecule has 1 aromatic heterocycles. The molecule has 4 aliphatic rings. The van der Waals surface area contributed by atoms with Gasteiger partial charge in [0, 0.05) is 97.2 Å². The first-order valence-corrected chi connectivity index (χ1v) is 20.3. The number of carbonyl (C=O) groups excluding carboxylic acids is 5. The summed E-state index contributed by atoms with van der Waals surface area (Å²) in [5.74, 6) is -1.53. The first-order valence-electron chi connectivity index (χ1n) is 20.3. The number of likely N-dealkylation sites (tertiary alicyclic amines) is 2. The summed E-state index contributed by atoms with van der Waals surface area (Å²) < 4.78 is 16.6. The molecular formula is C41H54N8O9. The number of aromatic amines is 1. The number of aromatic nitrogens is 1. The van der Waals surface area contributed by atoms with Gasteiger partial charge in [-0.15, -0.1) is 0 Å². The van der Waals surface area contributed by atoms with Gasteiger partial charge in [0.1, 0.15) is 0 Å². The quantitative estimate of drug-likeness (QED) is 0.287. The van der Waals surface area contributed by atoms with E-state index < -0.39 is 23.9 Å². The molecule has 2 N–H and O–H groups in total. The summed E-state index contributed by atoms with van der Waals surface area (Å²) in [7, 11) is 3.23. The number of para-hydroxylation sites is 1. The second-order valence-corrected chi connectivity index (χ2v) is 15.9. The van der Waals surface area contributed by atoms with Crippen LogP contribution in [-0.2, 0) is 36.7 Å². The van der Waals surface area contributed by atoms with Gasteiger partial charge in [0.25, 0.3) is 11.8 Å². The Bertz CT molecular complexity index is 2040. The monoisotopic (exact) mass is 802 g/mol. The molecule has 0 unspecified atom stereocenters. The molecule has 2 aromatic carbocycles. The van der Waals surface area contributed by atoms with Crippen LogP contribution in [0.4, 0.5) is 15.3 Å². The van der Waals surface area contributed by atoms with E-state index in [1.165, 1.54) is 4.90 Å². The van der Waals surface area contributed by atoms with Crippen LogP contribution in [0.5, 0.6) is 0 Å². The second-order valence-electron chi connectivity index (χ2n) is 15.9. The summed E-state index contributed by atoms with van der Waals surface area (Å²) in [5.41, 5.74) is 4.35. The lowest BCUT2D eigenvalue weighted by atomic mass is 10.0. The zero-order valence-corrected chi connectivity index (χ0v) is 33.6. The fourth-order valence-corrected chi connectivity index (χ4v) is 8.55. The van der Waals surface area contributed by atoms with Gasteiger partial charge in [-0.3, -0.25) is 29.2 Å². The van der Waals surface area contributed by atoms with Crippen LogP contribution in [0.25, 0.3) is 11.1 Å². The van der Waals surface area contributed by atoms with Crippen LogP contribution in [0.15, 0.2) is 45.6 Å². The van der Waals surface area contributed by atoms with Crippen molar-refractivity contribution in [2.24, 2.45) is 0 Å². The van der Waals surface area contributed by atoms with E-state index >= 15 is 0 Å². The lowest BCUT2D eigenvalue weighted by Gasteiger charge is -2.43. The highest BCUT2D eigenvalue weighted by Crippen LogP contribution is 2.26. The van der Waals surface area contributed by atoms with Crippen molar-refractivity contribution in [2.75, 3.05) is 91.5 Å². The number of piperidine rings is 2. The van der Waals surface area contributed by atoms with Gasteiger partial charge < -0.3 is 38.8 Å². The van der Waals surface area contributed by atoms with Crippen LogP contribution in [-0.4, -0.2) is 169 Å². The van der Waals surface area contributed by atoms with Gasteiger partial charge in [-0.25, -0.2) is 14.4 Å². The van der Waals surface area contributed by atoms with E-state index in [-0.39, 0.29) is 43.5 Å². The van der Waals surface area contributed by atoms with Crippen LogP contribution in [0.1, 0.15) is 42.4 Å². The maximum Gasteiger partial charge on any atom is 0.417 e. The number of hydrogen-bond acceptors (Lipinski definition) is 11. The van der Waals surface area contributed by atoms with Crippen molar-refractivity contribution >= 4 is 46.7 Å². The number of H-pyrrole nitrogens is 1. The number of aryl methyl sites for hydroxylation is 1.